The second kappa shape index (κ2) is 11.1. The number of thioether (sulfide) groups is 1. The minimum absolute atomic E-state index is 0.0833. The van der Waals surface area contributed by atoms with Crippen LogP contribution in [-0.2, 0) is 9.59 Å². The maximum Gasteiger partial charge on any atom is 0.266 e. The molecule has 7 heteroatoms. The molecule has 2 amide bonds. The zero-order valence-electron chi connectivity index (χ0n) is 18.7. The number of aryl methyl sites for hydroxylation is 1. The van der Waals surface area contributed by atoms with Gasteiger partial charge in [0.1, 0.15) is 15.8 Å². The highest BCUT2D eigenvalue weighted by Gasteiger charge is 2.31. The van der Waals surface area contributed by atoms with Crippen LogP contribution in [0.1, 0.15) is 24.0 Å². The molecule has 0 saturated carbocycles. The number of hydrogen-bond acceptors (Lipinski definition) is 5. The molecule has 0 aromatic heterocycles. The van der Waals surface area contributed by atoms with Crippen molar-refractivity contribution in [2.75, 3.05) is 11.9 Å². The van der Waals surface area contributed by atoms with E-state index in [1.165, 1.54) is 11.8 Å². The van der Waals surface area contributed by atoms with Gasteiger partial charge in [0, 0.05) is 18.7 Å². The molecule has 172 valence electrons. The first-order chi connectivity index (χ1) is 16.5. The highest BCUT2D eigenvalue weighted by atomic mass is 32.2. The number of anilines is 1. The van der Waals surface area contributed by atoms with Crippen LogP contribution in [0.15, 0.2) is 83.8 Å². The molecule has 0 radical (unpaired) electrons. The molecule has 0 unspecified atom stereocenters. The fourth-order valence-electron chi connectivity index (χ4n) is 3.39. The monoisotopic (exact) mass is 488 g/mol. The highest BCUT2D eigenvalue weighted by Crippen LogP contribution is 2.33. The molecule has 1 saturated heterocycles. The Morgan fingerprint density at radius 1 is 1.03 bits per heavy atom. The van der Waals surface area contributed by atoms with Gasteiger partial charge < -0.3 is 10.1 Å². The molecule has 5 nitrogen and oxygen atoms in total. The van der Waals surface area contributed by atoms with Crippen molar-refractivity contribution >= 4 is 51.9 Å². The van der Waals surface area contributed by atoms with Gasteiger partial charge in [-0.2, -0.15) is 0 Å². The van der Waals surface area contributed by atoms with Crippen molar-refractivity contribution in [3.63, 3.8) is 0 Å². The molecule has 1 aliphatic rings. The summed E-state index contributed by atoms with van der Waals surface area (Å²) in [5.74, 6) is 1.22. The molecule has 3 aromatic carbocycles. The lowest BCUT2D eigenvalue weighted by Crippen LogP contribution is -2.29. The second-order valence-corrected chi connectivity index (χ2v) is 9.51. The summed E-state index contributed by atoms with van der Waals surface area (Å²) in [7, 11) is 0. The van der Waals surface area contributed by atoms with E-state index in [0.29, 0.717) is 34.4 Å². The number of benzene rings is 3. The molecule has 0 atom stereocenters. The number of amides is 2. The Kier molecular flexibility index (Phi) is 7.77. The molecule has 3 aromatic rings. The lowest BCUT2D eigenvalue weighted by Gasteiger charge is -2.14. The normalized spacial score (nSPS) is 14.5. The number of thiocarbonyl (C=S) groups is 1. The predicted octanol–water partition coefficient (Wildman–Crippen LogP) is 6.41. The van der Waals surface area contributed by atoms with Crippen molar-refractivity contribution in [2.24, 2.45) is 0 Å². The van der Waals surface area contributed by atoms with Crippen molar-refractivity contribution < 1.29 is 14.3 Å². The molecule has 0 bridgehead atoms. The van der Waals surface area contributed by atoms with Gasteiger partial charge in [0.05, 0.1) is 4.91 Å². The summed E-state index contributed by atoms with van der Waals surface area (Å²) < 4.78 is 6.39. The van der Waals surface area contributed by atoms with Gasteiger partial charge in [0.15, 0.2) is 0 Å². The van der Waals surface area contributed by atoms with Crippen LogP contribution in [0.2, 0.25) is 0 Å². The van der Waals surface area contributed by atoms with E-state index >= 15 is 0 Å². The molecule has 1 N–H and O–H groups in total. The largest absolute Gasteiger partial charge is 0.457 e. The minimum atomic E-state index is -0.136. The summed E-state index contributed by atoms with van der Waals surface area (Å²) in [5, 5.41) is 2.88. The van der Waals surface area contributed by atoms with Crippen LogP contribution in [0.3, 0.4) is 0 Å². The van der Waals surface area contributed by atoms with Gasteiger partial charge >= 0.3 is 0 Å². The SMILES string of the molecule is Cc1ccc(NC(=O)CCCN2C(=O)/C(=C/c3cccc(Oc4ccccc4)c3)SC2=S)cc1. The summed E-state index contributed by atoms with van der Waals surface area (Å²) in [6, 6.07) is 24.7. The van der Waals surface area contributed by atoms with Crippen LogP contribution in [0.5, 0.6) is 11.5 Å². The maximum absolute atomic E-state index is 12.9. The lowest BCUT2D eigenvalue weighted by molar-refractivity contribution is -0.122. The molecule has 0 aliphatic carbocycles. The Morgan fingerprint density at radius 3 is 2.53 bits per heavy atom. The zero-order chi connectivity index (χ0) is 23.9. The summed E-state index contributed by atoms with van der Waals surface area (Å²) in [5.41, 5.74) is 2.75. The van der Waals surface area contributed by atoms with Gasteiger partial charge in [-0.3, -0.25) is 14.5 Å². The minimum Gasteiger partial charge on any atom is -0.457 e. The van der Waals surface area contributed by atoms with Crippen molar-refractivity contribution in [3.05, 3.63) is 94.9 Å². The van der Waals surface area contributed by atoms with Crippen molar-refractivity contribution in [1.82, 2.24) is 4.90 Å². The summed E-state index contributed by atoms with van der Waals surface area (Å²) in [4.78, 5) is 27.3. The highest BCUT2D eigenvalue weighted by molar-refractivity contribution is 8.26. The van der Waals surface area contributed by atoms with Crippen LogP contribution in [0.4, 0.5) is 5.69 Å². The fraction of sp³-hybridized carbons (Fsp3) is 0.148. The molecule has 1 heterocycles. The van der Waals surface area contributed by atoms with Gasteiger partial charge in [-0.25, -0.2) is 0 Å². The van der Waals surface area contributed by atoms with Gasteiger partial charge in [-0.1, -0.05) is 72.0 Å². The summed E-state index contributed by atoms with van der Waals surface area (Å²) >= 11 is 6.70. The van der Waals surface area contributed by atoms with E-state index in [0.717, 1.165) is 22.6 Å². The molecule has 1 aliphatic heterocycles. The van der Waals surface area contributed by atoms with Crippen molar-refractivity contribution in [1.29, 1.82) is 0 Å². The molecule has 34 heavy (non-hydrogen) atoms. The van der Waals surface area contributed by atoms with Crippen LogP contribution in [0, 0.1) is 6.92 Å². The van der Waals surface area contributed by atoms with E-state index in [1.807, 2.05) is 91.9 Å². The van der Waals surface area contributed by atoms with Crippen LogP contribution in [0.25, 0.3) is 6.08 Å². The van der Waals surface area contributed by atoms with E-state index in [-0.39, 0.29) is 11.8 Å². The Bertz CT molecular complexity index is 1220. The number of ether oxygens (including phenoxy) is 1. The first kappa shape index (κ1) is 23.7. The van der Waals surface area contributed by atoms with E-state index < -0.39 is 0 Å². The van der Waals surface area contributed by atoms with Crippen LogP contribution < -0.4 is 10.1 Å². The van der Waals surface area contributed by atoms with E-state index in [2.05, 4.69) is 5.32 Å². The van der Waals surface area contributed by atoms with Crippen LogP contribution in [-0.4, -0.2) is 27.6 Å². The number of nitrogens with zero attached hydrogens (tertiary/aromatic N) is 1. The Balaban J connectivity index is 1.33. The van der Waals surface area contributed by atoms with E-state index in [4.69, 9.17) is 17.0 Å². The Morgan fingerprint density at radius 2 is 1.76 bits per heavy atom. The smallest absolute Gasteiger partial charge is 0.266 e. The third-order valence-electron chi connectivity index (χ3n) is 5.13. The Hall–Kier alpha value is -3.42. The quantitative estimate of drug-likeness (QED) is 0.293. The number of para-hydroxylation sites is 1. The molecule has 4 rings (SSSR count). The van der Waals surface area contributed by atoms with Gasteiger partial charge in [-0.15, -0.1) is 0 Å². The molecule has 0 spiro atoms. The van der Waals surface area contributed by atoms with Crippen molar-refractivity contribution in [3.8, 4) is 11.5 Å². The number of nitrogens with one attached hydrogen (secondary N) is 1. The Labute approximate surface area is 208 Å². The average molecular weight is 489 g/mol. The molecular formula is C27H24N2O3S2. The number of carbonyl (C=O) groups is 2. The van der Waals surface area contributed by atoms with Crippen molar-refractivity contribution in [2.45, 2.75) is 19.8 Å². The number of rotatable bonds is 8. The van der Waals surface area contributed by atoms with Gasteiger partial charge in [-0.05, 0) is 61.4 Å². The van der Waals surface area contributed by atoms with E-state index in [1.54, 1.807) is 4.90 Å². The lowest BCUT2D eigenvalue weighted by atomic mass is 10.2. The number of hydrogen-bond donors (Lipinski definition) is 1. The average Bonchev–Trinajstić information content (AvgIpc) is 3.09. The van der Waals surface area contributed by atoms with E-state index in [9.17, 15) is 9.59 Å². The first-order valence-electron chi connectivity index (χ1n) is 10.9. The fourth-order valence-corrected chi connectivity index (χ4v) is 4.70. The molecule has 1 fully saturated rings. The third-order valence-corrected chi connectivity index (χ3v) is 6.51. The maximum atomic E-state index is 12.9. The third kappa shape index (κ3) is 6.34. The summed E-state index contributed by atoms with van der Waals surface area (Å²) in [6.45, 7) is 2.40. The second-order valence-electron chi connectivity index (χ2n) is 7.84. The topological polar surface area (TPSA) is 58.6 Å². The van der Waals surface area contributed by atoms with Crippen LogP contribution >= 0.6 is 24.0 Å². The summed E-state index contributed by atoms with van der Waals surface area (Å²) in [6.07, 6.45) is 2.65. The van der Waals surface area contributed by atoms with Gasteiger partial charge in [0.25, 0.3) is 5.91 Å². The molecular weight excluding hydrogens is 464 g/mol. The number of carbonyl (C=O) groups excluding carboxylic acids is 2. The standard InChI is InChI=1S/C27H24N2O3S2/c1-19-12-14-21(15-13-19)28-25(30)11-6-16-29-26(31)24(34-27(29)33)18-20-7-5-10-23(17-20)32-22-8-3-2-4-9-22/h2-5,7-10,12-15,17-18H,6,11,16H2,1H3,(H,28,30)/b24-18-. The zero-order valence-corrected chi connectivity index (χ0v) is 20.3. The van der Waals surface area contributed by atoms with Gasteiger partial charge in [0.2, 0.25) is 5.91 Å². The predicted molar refractivity (Wildman–Crippen MR) is 142 cm³/mol. The first-order valence-corrected chi connectivity index (χ1v) is 12.2.